The summed E-state index contributed by atoms with van der Waals surface area (Å²) in [5, 5.41) is 29.2. The first kappa shape index (κ1) is 15.8. The van der Waals surface area contributed by atoms with E-state index in [4.69, 9.17) is 20.3 Å². The number of nitrogens with two attached hydrogens (primary N) is 1. The van der Waals surface area contributed by atoms with Gasteiger partial charge in [0, 0.05) is 12.3 Å². The minimum absolute atomic E-state index is 0.620. The highest BCUT2D eigenvalue weighted by Crippen LogP contribution is 2.36. The standard InChI is InChI=1S/C12H15N3O8/c13-4-5(17)9(11(19)20)22-8-6(18)10(23-7(4)8)15-2-1-3(16)14-12(15)21/h1-2,4-10,17-18H,13H2,(H,19,20)(H,14,16,21)/t4-,5-,6+,7-,8-,9+,10+/m0/s1. The summed E-state index contributed by atoms with van der Waals surface area (Å²) in [6.45, 7) is 0. The highest BCUT2D eigenvalue weighted by atomic mass is 16.6. The molecule has 0 radical (unpaired) electrons. The molecule has 11 heteroatoms. The average Bonchev–Trinajstić information content (AvgIpc) is 2.80. The maximum absolute atomic E-state index is 11.8. The third-order valence-electron chi connectivity index (χ3n) is 4.01. The summed E-state index contributed by atoms with van der Waals surface area (Å²) in [6.07, 6.45) is -6.83. The van der Waals surface area contributed by atoms with Crippen molar-refractivity contribution in [3.63, 3.8) is 0 Å². The van der Waals surface area contributed by atoms with Gasteiger partial charge in [-0.05, 0) is 0 Å². The van der Waals surface area contributed by atoms with Gasteiger partial charge in [0.1, 0.15) is 24.4 Å². The lowest BCUT2D eigenvalue weighted by atomic mass is 9.92. The molecule has 126 valence electrons. The van der Waals surface area contributed by atoms with Crippen LogP contribution in [0.1, 0.15) is 6.23 Å². The SMILES string of the molecule is N[C@H]1[C@H](O)[C@H](C(=O)O)O[C@H]2[C@@H](O)[C@H](n3ccc(=O)[nH]c3=O)O[C@@H]12. The van der Waals surface area contributed by atoms with Gasteiger partial charge in [0.2, 0.25) is 0 Å². The Morgan fingerprint density at radius 2 is 1.91 bits per heavy atom. The average molecular weight is 329 g/mol. The van der Waals surface area contributed by atoms with Crippen molar-refractivity contribution in [3.05, 3.63) is 33.1 Å². The summed E-state index contributed by atoms with van der Waals surface area (Å²) in [6, 6.07) is -0.0669. The maximum atomic E-state index is 11.8. The second-order valence-corrected chi connectivity index (χ2v) is 5.43. The lowest BCUT2D eigenvalue weighted by molar-refractivity contribution is -0.195. The molecule has 3 rings (SSSR count). The van der Waals surface area contributed by atoms with Gasteiger partial charge in [-0.2, -0.15) is 0 Å². The molecule has 2 aliphatic rings. The number of nitrogens with zero attached hydrogens (tertiary/aromatic N) is 1. The van der Waals surface area contributed by atoms with Crippen LogP contribution in [0.4, 0.5) is 0 Å². The molecule has 7 atom stereocenters. The van der Waals surface area contributed by atoms with Crippen LogP contribution in [-0.2, 0) is 14.3 Å². The molecule has 0 saturated carbocycles. The number of ether oxygens (including phenoxy) is 2. The summed E-state index contributed by atoms with van der Waals surface area (Å²) in [4.78, 5) is 36.0. The Bertz CT molecular complexity index is 730. The van der Waals surface area contributed by atoms with E-state index in [-0.39, 0.29) is 0 Å². The van der Waals surface area contributed by atoms with Crippen molar-refractivity contribution in [2.24, 2.45) is 5.73 Å². The van der Waals surface area contributed by atoms with Crippen LogP contribution < -0.4 is 17.0 Å². The molecule has 23 heavy (non-hydrogen) atoms. The molecule has 0 unspecified atom stereocenters. The Morgan fingerprint density at radius 3 is 2.52 bits per heavy atom. The van der Waals surface area contributed by atoms with Gasteiger partial charge in [0.25, 0.3) is 5.56 Å². The van der Waals surface area contributed by atoms with Crippen LogP contribution in [-0.4, -0.2) is 67.4 Å². The third-order valence-corrected chi connectivity index (χ3v) is 4.01. The minimum atomic E-state index is -1.62. The largest absolute Gasteiger partial charge is 0.479 e. The van der Waals surface area contributed by atoms with E-state index >= 15 is 0 Å². The maximum Gasteiger partial charge on any atom is 0.335 e. The molecule has 1 aromatic rings. The van der Waals surface area contributed by atoms with E-state index in [1.165, 1.54) is 0 Å². The van der Waals surface area contributed by atoms with Gasteiger partial charge in [0.15, 0.2) is 12.3 Å². The van der Waals surface area contributed by atoms with Gasteiger partial charge in [-0.3, -0.25) is 14.3 Å². The van der Waals surface area contributed by atoms with Gasteiger partial charge in [-0.15, -0.1) is 0 Å². The van der Waals surface area contributed by atoms with E-state index in [0.717, 1.165) is 16.8 Å². The second-order valence-electron chi connectivity index (χ2n) is 5.43. The number of carboxylic acids is 1. The quantitative estimate of drug-likeness (QED) is 0.366. The lowest BCUT2D eigenvalue weighted by Gasteiger charge is -2.38. The Balaban J connectivity index is 1.93. The van der Waals surface area contributed by atoms with Crippen LogP contribution in [0.5, 0.6) is 0 Å². The zero-order valence-electron chi connectivity index (χ0n) is 11.6. The van der Waals surface area contributed by atoms with Crippen molar-refractivity contribution < 1.29 is 29.6 Å². The number of carboxylic acid groups (broad SMARTS) is 1. The number of fused-ring (bicyclic) bond motifs is 1. The smallest absolute Gasteiger partial charge is 0.335 e. The minimum Gasteiger partial charge on any atom is -0.479 e. The molecule has 2 fully saturated rings. The predicted molar refractivity (Wildman–Crippen MR) is 71.5 cm³/mol. The number of aromatic nitrogens is 2. The van der Waals surface area contributed by atoms with Crippen molar-refractivity contribution >= 4 is 5.97 Å². The van der Waals surface area contributed by atoms with Crippen molar-refractivity contribution in [3.8, 4) is 0 Å². The molecule has 3 heterocycles. The number of aliphatic hydroxyl groups excluding tert-OH is 2. The van der Waals surface area contributed by atoms with E-state index in [1.807, 2.05) is 4.98 Å². The summed E-state index contributed by atoms with van der Waals surface area (Å²) in [7, 11) is 0. The fraction of sp³-hybridized carbons (Fsp3) is 0.583. The molecule has 0 aliphatic carbocycles. The molecule has 0 spiro atoms. The number of carbonyl (C=O) groups is 1. The first-order valence-corrected chi connectivity index (χ1v) is 6.78. The van der Waals surface area contributed by atoms with Crippen molar-refractivity contribution in [2.45, 2.75) is 42.8 Å². The number of rotatable bonds is 2. The van der Waals surface area contributed by atoms with Gasteiger partial charge < -0.3 is 30.5 Å². The summed E-state index contributed by atoms with van der Waals surface area (Å²) >= 11 is 0. The molecular weight excluding hydrogens is 314 g/mol. The Labute approximate surface area is 127 Å². The van der Waals surface area contributed by atoms with E-state index in [0.29, 0.717) is 0 Å². The number of aliphatic hydroxyl groups is 2. The summed E-state index contributed by atoms with van der Waals surface area (Å²) in [5.41, 5.74) is 4.35. The van der Waals surface area contributed by atoms with E-state index < -0.39 is 60.0 Å². The van der Waals surface area contributed by atoms with E-state index in [2.05, 4.69) is 0 Å². The number of H-pyrrole nitrogens is 1. The zero-order valence-corrected chi connectivity index (χ0v) is 11.6. The molecule has 1 aromatic heterocycles. The Kier molecular flexibility index (Phi) is 3.82. The predicted octanol–water partition coefficient (Wildman–Crippen LogP) is -3.66. The number of nitrogens with one attached hydrogen (secondary N) is 1. The first-order valence-electron chi connectivity index (χ1n) is 6.78. The van der Waals surface area contributed by atoms with Crippen molar-refractivity contribution in [2.75, 3.05) is 0 Å². The number of aromatic amines is 1. The van der Waals surface area contributed by atoms with Crippen molar-refractivity contribution in [1.29, 1.82) is 0 Å². The van der Waals surface area contributed by atoms with Crippen LogP contribution >= 0.6 is 0 Å². The lowest BCUT2D eigenvalue weighted by Crippen LogP contribution is -2.63. The third kappa shape index (κ3) is 2.48. The molecule has 0 aromatic carbocycles. The number of hydrogen-bond donors (Lipinski definition) is 5. The van der Waals surface area contributed by atoms with E-state index in [9.17, 15) is 24.6 Å². The summed E-state index contributed by atoms with van der Waals surface area (Å²) < 4.78 is 11.6. The Morgan fingerprint density at radius 1 is 1.22 bits per heavy atom. The highest BCUT2D eigenvalue weighted by Gasteiger charge is 2.56. The van der Waals surface area contributed by atoms with Crippen LogP contribution in [0.2, 0.25) is 0 Å². The first-order chi connectivity index (χ1) is 10.8. The zero-order chi connectivity index (χ0) is 16.9. The van der Waals surface area contributed by atoms with Crippen LogP contribution in [0, 0.1) is 0 Å². The molecule has 0 amide bonds. The van der Waals surface area contributed by atoms with Gasteiger partial charge in [-0.1, -0.05) is 0 Å². The van der Waals surface area contributed by atoms with E-state index in [1.54, 1.807) is 0 Å². The fourth-order valence-corrected chi connectivity index (χ4v) is 2.85. The second kappa shape index (κ2) is 5.54. The van der Waals surface area contributed by atoms with Gasteiger partial charge in [0.05, 0.1) is 6.04 Å². The topological polar surface area (TPSA) is 177 Å². The van der Waals surface area contributed by atoms with Crippen LogP contribution in [0.15, 0.2) is 21.9 Å². The van der Waals surface area contributed by atoms with Crippen LogP contribution in [0.25, 0.3) is 0 Å². The number of aliphatic carboxylic acids is 1. The summed E-state index contributed by atoms with van der Waals surface area (Å²) in [5.74, 6) is -1.43. The highest BCUT2D eigenvalue weighted by molar-refractivity contribution is 5.73. The van der Waals surface area contributed by atoms with Gasteiger partial charge in [-0.25, -0.2) is 9.59 Å². The molecular formula is C12H15N3O8. The molecule has 2 saturated heterocycles. The van der Waals surface area contributed by atoms with Gasteiger partial charge >= 0.3 is 11.7 Å². The van der Waals surface area contributed by atoms with Crippen LogP contribution in [0.3, 0.4) is 0 Å². The molecule has 11 nitrogen and oxygen atoms in total. The Hall–Kier alpha value is -2.05. The molecule has 6 N–H and O–H groups in total. The number of hydrogen-bond acceptors (Lipinski definition) is 8. The van der Waals surface area contributed by atoms with Crippen molar-refractivity contribution in [1.82, 2.24) is 9.55 Å². The molecule has 2 aliphatic heterocycles. The molecule has 0 bridgehead atoms. The normalized spacial score (nSPS) is 39.9. The fourth-order valence-electron chi connectivity index (χ4n) is 2.85. The monoisotopic (exact) mass is 329 g/mol.